The van der Waals surface area contributed by atoms with Crippen molar-refractivity contribution in [2.75, 3.05) is 20.3 Å². The quantitative estimate of drug-likeness (QED) is 0.860. The molecule has 0 saturated carbocycles. The molecular formula is C15H23NO3. The molecule has 0 aliphatic carbocycles. The van der Waals surface area contributed by atoms with E-state index in [1.807, 2.05) is 24.3 Å². The topological polar surface area (TPSA) is 52.9 Å². The second kappa shape index (κ2) is 6.37. The summed E-state index contributed by atoms with van der Waals surface area (Å²) in [4.78, 5) is 2.25. The lowest BCUT2D eigenvalue weighted by molar-refractivity contribution is -0.0216. The highest BCUT2D eigenvalue weighted by molar-refractivity contribution is 5.27. The van der Waals surface area contributed by atoms with Crippen LogP contribution in [0.5, 0.6) is 5.75 Å². The fourth-order valence-corrected chi connectivity index (χ4v) is 2.65. The predicted octanol–water partition coefficient (Wildman–Crippen LogP) is 1.26. The van der Waals surface area contributed by atoms with Gasteiger partial charge in [-0.15, -0.1) is 0 Å². The lowest BCUT2D eigenvalue weighted by Gasteiger charge is -2.40. The second-order valence-electron chi connectivity index (χ2n) is 5.39. The fraction of sp³-hybridized carbons (Fsp3) is 0.600. The van der Waals surface area contributed by atoms with Crippen LogP contribution in [0.4, 0.5) is 0 Å². The number of methoxy groups -OCH3 is 1. The van der Waals surface area contributed by atoms with Gasteiger partial charge >= 0.3 is 0 Å². The molecule has 1 saturated heterocycles. The van der Waals surface area contributed by atoms with Crippen LogP contribution in [0.15, 0.2) is 24.3 Å². The van der Waals surface area contributed by atoms with E-state index in [4.69, 9.17) is 4.74 Å². The van der Waals surface area contributed by atoms with Gasteiger partial charge in [-0.1, -0.05) is 19.1 Å². The maximum Gasteiger partial charge on any atom is 0.118 e. The van der Waals surface area contributed by atoms with Gasteiger partial charge in [-0.2, -0.15) is 0 Å². The molecule has 0 radical (unpaired) electrons. The SMILES string of the molecule is COc1ccc(CN2C[C@H](C)C(O)CC2CO)cc1. The van der Waals surface area contributed by atoms with Crippen molar-refractivity contribution in [3.8, 4) is 5.75 Å². The van der Waals surface area contributed by atoms with Gasteiger partial charge in [0.2, 0.25) is 0 Å². The average molecular weight is 265 g/mol. The number of nitrogens with zero attached hydrogens (tertiary/aromatic N) is 1. The first-order valence-electron chi connectivity index (χ1n) is 6.80. The monoisotopic (exact) mass is 265 g/mol. The summed E-state index contributed by atoms with van der Waals surface area (Å²) in [5.74, 6) is 1.10. The number of aliphatic hydroxyl groups is 2. The predicted molar refractivity (Wildman–Crippen MR) is 74.1 cm³/mol. The van der Waals surface area contributed by atoms with Crippen molar-refractivity contribution in [3.05, 3.63) is 29.8 Å². The standard InChI is InChI=1S/C15H23NO3/c1-11-8-16(13(10-17)7-15(11)18)9-12-3-5-14(19-2)6-4-12/h3-6,11,13,15,17-18H,7-10H2,1-2H3/t11-,13?,15?/m0/s1. The Labute approximate surface area is 114 Å². The first-order valence-corrected chi connectivity index (χ1v) is 6.80. The van der Waals surface area contributed by atoms with Crippen LogP contribution in [0.3, 0.4) is 0 Å². The van der Waals surface area contributed by atoms with Gasteiger partial charge in [-0.3, -0.25) is 4.90 Å². The van der Waals surface area contributed by atoms with Crippen molar-refractivity contribution in [1.29, 1.82) is 0 Å². The van der Waals surface area contributed by atoms with Crippen LogP contribution in [0.2, 0.25) is 0 Å². The van der Waals surface area contributed by atoms with Gasteiger partial charge in [0.1, 0.15) is 5.75 Å². The third-order valence-corrected chi connectivity index (χ3v) is 3.96. The molecule has 1 aromatic carbocycles. The summed E-state index contributed by atoms with van der Waals surface area (Å²) in [6, 6.07) is 8.04. The molecule has 0 amide bonds. The molecule has 106 valence electrons. The summed E-state index contributed by atoms with van der Waals surface area (Å²) in [7, 11) is 1.66. The molecule has 2 rings (SSSR count). The van der Waals surface area contributed by atoms with Crippen molar-refractivity contribution >= 4 is 0 Å². The fourth-order valence-electron chi connectivity index (χ4n) is 2.65. The minimum absolute atomic E-state index is 0.0494. The van der Waals surface area contributed by atoms with Crippen molar-refractivity contribution in [2.45, 2.75) is 32.0 Å². The first-order chi connectivity index (χ1) is 9.13. The van der Waals surface area contributed by atoms with Crippen molar-refractivity contribution in [3.63, 3.8) is 0 Å². The number of hydrogen-bond acceptors (Lipinski definition) is 4. The van der Waals surface area contributed by atoms with Crippen LogP contribution in [0, 0.1) is 5.92 Å². The molecular weight excluding hydrogens is 242 g/mol. The molecule has 4 nitrogen and oxygen atoms in total. The van der Waals surface area contributed by atoms with Crippen LogP contribution < -0.4 is 4.74 Å². The highest BCUT2D eigenvalue weighted by Gasteiger charge is 2.31. The zero-order valence-corrected chi connectivity index (χ0v) is 11.6. The maximum absolute atomic E-state index is 9.88. The largest absolute Gasteiger partial charge is 0.497 e. The molecule has 1 aromatic rings. The van der Waals surface area contributed by atoms with Gasteiger partial charge in [0, 0.05) is 19.1 Å². The van der Waals surface area contributed by atoms with Gasteiger partial charge in [0.05, 0.1) is 19.8 Å². The Morgan fingerprint density at radius 3 is 2.58 bits per heavy atom. The van der Waals surface area contributed by atoms with E-state index >= 15 is 0 Å². The molecule has 0 bridgehead atoms. The molecule has 4 heteroatoms. The number of aliphatic hydroxyl groups excluding tert-OH is 2. The Morgan fingerprint density at radius 1 is 1.32 bits per heavy atom. The Bertz CT molecular complexity index is 393. The van der Waals surface area contributed by atoms with E-state index in [2.05, 4.69) is 11.8 Å². The van der Waals surface area contributed by atoms with Gasteiger partial charge in [0.15, 0.2) is 0 Å². The molecule has 1 heterocycles. The number of likely N-dealkylation sites (tertiary alicyclic amines) is 1. The number of hydrogen-bond donors (Lipinski definition) is 2. The first kappa shape index (κ1) is 14.3. The van der Waals surface area contributed by atoms with Crippen LogP contribution >= 0.6 is 0 Å². The third-order valence-electron chi connectivity index (χ3n) is 3.96. The van der Waals surface area contributed by atoms with E-state index in [-0.39, 0.29) is 24.7 Å². The van der Waals surface area contributed by atoms with Crippen LogP contribution in [0.25, 0.3) is 0 Å². The summed E-state index contributed by atoms with van der Waals surface area (Å²) in [5, 5.41) is 19.3. The number of piperidine rings is 1. The molecule has 1 aliphatic rings. The Balaban J connectivity index is 2.03. The lowest BCUT2D eigenvalue weighted by Crippen LogP contribution is -2.49. The zero-order chi connectivity index (χ0) is 13.8. The second-order valence-corrected chi connectivity index (χ2v) is 5.39. The van der Waals surface area contributed by atoms with E-state index < -0.39 is 0 Å². The highest BCUT2D eigenvalue weighted by atomic mass is 16.5. The minimum atomic E-state index is -0.302. The van der Waals surface area contributed by atoms with Gasteiger partial charge < -0.3 is 14.9 Å². The van der Waals surface area contributed by atoms with E-state index in [0.717, 1.165) is 18.8 Å². The molecule has 3 atom stereocenters. The number of rotatable bonds is 4. The normalized spacial score (nSPS) is 28.3. The highest BCUT2D eigenvalue weighted by Crippen LogP contribution is 2.24. The summed E-state index contributed by atoms with van der Waals surface area (Å²) in [6.07, 6.45) is 0.345. The van der Waals surface area contributed by atoms with Crippen LogP contribution in [-0.2, 0) is 6.54 Å². The smallest absolute Gasteiger partial charge is 0.118 e. The Morgan fingerprint density at radius 2 is 2.00 bits per heavy atom. The maximum atomic E-state index is 9.88. The van der Waals surface area contributed by atoms with Crippen LogP contribution in [0.1, 0.15) is 18.9 Å². The number of ether oxygens (including phenoxy) is 1. The third kappa shape index (κ3) is 3.47. The van der Waals surface area contributed by atoms with Gasteiger partial charge in [-0.05, 0) is 30.0 Å². The van der Waals surface area contributed by atoms with Crippen molar-refractivity contribution in [1.82, 2.24) is 4.90 Å². The van der Waals surface area contributed by atoms with E-state index in [1.165, 1.54) is 5.56 Å². The van der Waals surface area contributed by atoms with E-state index in [1.54, 1.807) is 7.11 Å². The summed E-state index contributed by atoms with van der Waals surface area (Å²) < 4.78 is 5.15. The number of benzene rings is 1. The molecule has 2 N–H and O–H groups in total. The summed E-state index contributed by atoms with van der Waals surface area (Å²) in [6.45, 7) is 3.77. The van der Waals surface area contributed by atoms with Gasteiger partial charge in [-0.25, -0.2) is 0 Å². The summed E-state index contributed by atoms with van der Waals surface area (Å²) >= 11 is 0. The van der Waals surface area contributed by atoms with Crippen LogP contribution in [-0.4, -0.2) is 47.5 Å². The molecule has 19 heavy (non-hydrogen) atoms. The minimum Gasteiger partial charge on any atom is -0.497 e. The Hall–Kier alpha value is -1.10. The molecule has 0 spiro atoms. The average Bonchev–Trinajstić information content (AvgIpc) is 2.43. The molecule has 0 aromatic heterocycles. The Kier molecular flexibility index (Phi) is 4.80. The molecule has 1 fully saturated rings. The molecule has 1 aliphatic heterocycles. The molecule has 2 unspecified atom stereocenters. The lowest BCUT2D eigenvalue weighted by atomic mass is 9.91. The van der Waals surface area contributed by atoms with Gasteiger partial charge in [0.25, 0.3) is 0 Å². The zero-order valence-electron chi connectivity index (χ0n) is 11.6. The van der Waals surface area contributed by atoms with E-state index in [9.17, 15) is 10.2 Å². The van der Waals surface area contributed by atoms with E-state index in [0.29, 0.717) is 6.42 Å². The summed E-state index contributed by atoms with van der Waals surface area (Å²) in [5.41, 5.74) is 1.20. The van der Waals surface area contributed by atoms with Crippen molar-refractivity contribution in [2.24, 2.45) is 5.92 Å². The van der Waals surface area contributed by atoms with Crippen molar-refractivity contribution < 1.29 is 14.9 Å².